The third-order valence-electron chi connectivity index (χ3n) is 4.52. The number of hydrogen-bond acceptors (Lipinski definition) is 3. The lowest BCUT2D eigenvalue weighted by Crippen LogP contribution is -2.41. The van der Waals surface area contributed by atoms with Gasteiger partial charge in [-0.25, -0.2) is 9.97 Å². The Hall–Kier alpha value is -1.42. The van der Waals surface area contributed by atoms with Crippen LogP contribution in [0.4, 0.5) is 0 Å². The van der Waals surface area contributed by atoms with Crippen LogP contribution in [0.1, 0.15) is 51.9 Å². The van der Waals surface area contributed by atoms with Crippen LogP contribution in [0.15, 0.2) is 18.3 Å². The van der Waals surface area contributed by atoms with Gasteiger partial charge >= 0.3 is 0 Å². The van der Waals surface area contributed by atoms with E-state index in [2.05, 4.69) is 41.3 Å². The Balaban J connectivity index is 1.99. The maximum absolute atomic E-state index is 4.83. The quantitative estimate of drug-likeness (QED) is 0.863. The van der Waals surface area contributed by atoms with E-state index in [-0.39, 0.29) is 0 Å². The maximum atomic E-state index is 4.83. The summed E-state index contributed by atoms with van der Waals surface area (Å²) in [6.45, 7) is 9.14. The smallest absolute Gasteiger partial charge is 0.160 e. The molecule has 2 aromatic heterocycles. The van der Waals surface area contributed by atoms with E-state index in [9.17, 15) is 0 Å². The average Bonchev–Trinajstić information content (AvgIpc) is 2.85. The fourth-order valence-electron chi connectivity index (χ4n) is 3.42. The zero-order valence-corrected chi connectivity index (χ0v) is 13.4. The highest BCUT2D eigenvalue weighted by molar-refractivity contribution is 5.71. The van der Waals surface area contributed by atoms with E-state index in [0.29, 0.717) is 12.1 Å². The van der Waals surface area contributed by atoms with Crippen molar-refractivity contribution in [3.05, 3.63) is 24.2 Å². The number of pyridine rings is 1. The minimum absolute atomic E-state index is 0.516. The van der Waals surface area contributed by atoms with E-state index in [4.69, 9.17) is 4.98 Å². The number of aryl methyl sites for hydroxylation is 1. The lowest BCUT2D eigenvalue weighted by atomic mass is 10.0. The molecule has 3 heterocycles. The summed E-state index contributed by atoms with van der Waals surface area (Å²) >= 11 is 0. The first kappa shape index (κ1) is 14.5. The fourth-order valence-corrected chi connectivity index (χ4v) is 3.42. The minimum atomic E-state index is 0.516. The summed E-state index contributed by atoms with van der Waals surface area (Å²) in [7, 11) is 0. The van der Waals surface area contributed by atoms with Crippen molar-refractivity contribution in [2.45, 2.75) is 58.5 Å². The van der Waals surface area contributed by atoms with Gasteiger partial charge in [0.2, 0.25) is 0 Å². The van der Waals surface area contributed by atoms with Crippen LogP contribution < -0.4 is 0 Å². The third-order valence-corrected chi connectivity index (χ3v) is 4.52. The molecule has 114 valence electrons. The van der Waals surface area contributed by atoms with Gasteiger partial charge in [-0.05, 0) is 51.8 Å². The van der Waals surface area contributed by atoms with Gasteiger partial charge in [-0.15, -0.1) is 0 Å². The van der Waals surface area contributed by atoms with E-state index in [1.54, 1.807) is 0 Å². The Labute approximate surface area is 127 Å². The Kier molecular flexibility index (Phi) is 4.24. The Morgan fingerprint density at radius 3 is 3.00 bits per heavy atom. The summed E-state index contributed by atoms with van der Waals surface area (Å²) in [4.78, 5) is 12.0. The molecule has 0 bridgehead atoms. The highest BCUT2D eigenvalue weighted by Crippen LogP contribution is 2.28. The van der Waals surface area contributed by atoms with Crippen LogP contribution in [-0.4, -0.2) is 38.6 Å². The zero-order chi connectivity index (χ0) is 14.8. The molecule has 1 atom stereocenters. The molecule has 0 aromatic carbocycles. The second-order valence-electron chi connectivity index (χ2n) is 6.38. The normalized spacial score (nSPS) is 20.5. The summed E-state index contributed by atoms with van der Waals surface area (Å²) in [6, 6.07) is 5.20. The van der Waals surface area contributed by atoms with Crippen molar-refractivity contribution in [1.29, 1.82) is 0 Å². The molecular formula is C17H26N4. The molecule has 1 fully saturated rings. The predicted octanol–water partition coefficient (Wildman–Crippen LogP) is 3.43. The SMILES string of the molecule is CCCc1nc2cccnc2n1C1CCCN(C(C)C)C1. The lowest BCUT2D eigenvalue weighted by molar-refractivity contribution is 0.143. The van der Waals surface area contributed by atoms with Crippen LogP contribution in [0.2, 0.25) is 0 Å². The highest BCUT2D eigenvalue weighted by Gasteiger charge is 2.26. The molecule has 3 rings (SSSR count). The lowest BCUT2D eigenvalue weighted by Gasteiger charge is -2.36. The molecule has 2 aromatic rings. The number of likely N-dealkylation sites (tertiary alicyclic amines) is 1. The Bertz CT molecular complexity index is 602. The van der Waals surface area contributed by atoms with E-state index >= 15 is 0 Å². The number of nitrogens with zero attached hydrogens (tertiary/aromatic N) is 4. The van der Waals surface area contributed by atoms with Gasteiger partial charge in [-0.2, -0.15) is 0 Å². The highest BCUT2D eigenvalue weighted by atomic mass is 15.2. The van der Waals surface area contributed by atoms with Crippen molar-refractivity contribution in [2.75, 3.05) is 13.1 Å². The predicted molar refractivity (Wildman–Crippen MR) is 86.5 cm³/mol. The minimum Gasteiger partial charge on any atom is -0.308 e. The number of piperidine rings is 1. The molecule has 0 amide bonds. The zero-order valence-electron chi connectivity index (χ0n) is 13.4. The number of imidazole rings is 1. The number of fused-ring (bicyclic) bond motifs is 1. The van der Waals surface area contributed by atoms with E-state index < -0.39 is 0 Å². The van der Waals surface area contributed by atoms with Crippen molar-refractivity contribution >= 4 is 11.2 Å². The van der Waals surface area contributed by atoms with Crippen LogP contribution in [0.25, 0.3) is 11.2 Å². The largest absolute Gasteiger partial charge is 0.308 e. The summed E-state index contributed by atoms with van der Waals surface area (Å²) in [5.74, 6) is 1.21. The Morgan fingerprint density at radius 2 is 2.24 bits per heavy atom. The standard InChI is InChI=1S/C17H26N4/c1-4-7-16-19-15-9-5-10-18-17(15)21(16)14-8-6-11-20(12-14)13(2)3/h5,9-10,13-14H,4,6-8,11-12H2,1-3H3. The van der Waals surface area contributed by atoms with Gasteiger partial charge in [-0.3, -0.25) is 4.90 Å². The van der Waals surface area contributed by atoms with Gasteiger partial charge in [0, 0.05) is 31.2 Å². The molecule has 1 saturated heterocycles. The Morgan fingerprint density at radius 1 is 1.38 bits per heavy atom. The number of hydrogen-bond donors (Lipinski definition) is 0. The van der Waals surface area contributed by atoms with Gasteiger partial charge in [0.1, 0.15) is 11.3 Å². The van der Waals surface area contributed by atoms with Gasteiger partial charge in [-0.1, -0.05) is 6.92 Å². The van der Waals surface area contributed by atoms with Crippen LogP contribution in [0.5, 0.6) is 0 Å². The van der Waals surface area contributed by atoms with Crippen molar-refractivity contribution in [1.82, 2.24) is 19.4 Å². The van der Waals surface area contributed by atoms with Crippen LogP contribution in [-0.2, 0) is 6.42 Å². The van der Waals surface area contributed by atoms with Crippen molar-refractivity contribution in [2.24, 2.45) is 0 Å². The summed E-state index contributed by atoms with van der Waals surface area (Å²) < 4.78 is 2.42. The first-order valence-corrected chi connectivity index (χ1v) is 8.26. The molecule has 0 N–H and O–H groups in total. The number of aromatic nitrogens is 3. The molecule has 4 nitrogen and oxygen atoms in total. The summed E-state index contributed by atoms with van der Waals surface area (Å²) in [5.41, 5.74) is 2.11. The second-order valence-corrected chi connectivity index (χ2v) is 6.38. The van der Waals surface area contributed by atoms with E-state index in [0.717, 1.165) is 30.6 Å². The maximum Gasteiger partial charge on any atom is 0.160 e. The van der Waals surface area contributed by atoms with Crippen molar-refractivity contribution < 1.29 is 0 Å². The molecule has 4 heteroatoms. The molecule has 0 radical (unpaired) electrons. The summed E-state index contributed by atoms with van der Waals surface area (Å²) in [5, 5.41) is 0. The summed E-state index contributed by atoms with van der Waals surface area (Å²) in [6.07, 6.45) is 6.56. The molecule has 21 heavy (non-hydrogen) atoms. The number of rotatable bonds is 4. The van der Waals surface area contributed by atoms with Crippen LogP contribution in [0, 0.1) is 0 Å². The average molecular weight is 286 g/mol. The fraction of sp³-hybridized carbons (Fsp3) is 0.647. The molecular weight excluding hydrogens is 260 g/mol. The van der Waals surface area contributed by atoms with E-state index in [1.165, 1.54) is 25.2 Å². The topological polar surface area (TPSA) is 34.0 Å². The first-order chi connectivity index (χ1) is 10.2. The second kappa shape index (κ2) is 6.14. The molecule has 0 aliphatic carbocycles. The first-order valence-electron chi connectivity index (χ1n) is 8.26. The molecule has 1 aliphatic rings. The van der Waals surface area contributed by atoms with E-state index in [1.807, 2.05) is 12.3 Å². The van der Waals surface area contributed by atoms with Gasteiger partial charge in [0.05, 0.1) is 0 Å². The van der Waals surface area contributed by atoms with Crippen LogP contribution in [0.3, 0.4) is 0 Å². The van der Waals surface area contributed by atoms with Gasteiger partial charge < -0.3 is 4.57 Å². The van der Waals surface area contributed by atoms with Gasteiger partial charge in [0.15, 0.2) is 5.65 Å². The van der Waals surface area contributed by atoms with Gasteiger partial charge in [0.25, 0.3) is 0 Å². The molecule has 0 saturated carbocycles. The van der Waals surface area contributed by atoms with Crippen molar-refractivity contribution in [3.63, 3.8) is 0 Å². The molecule has 0 spiro atoms. The third kappa shape index (κ3) is 2.82. The molecule has 1 aliphatic heterocycles. The van der Waals surface area contributed by atoms with Crippen LogP contribution >= 0.6 is 0 Å². The van der Waals surface area contributed by atoms with Crippen molar-refractivity contribution in [3.8, 4) is 0 Å². The monoisotopic (exact) mass is 286 g/mol. The molecule has 1 unspecified atom stereocenters.